The molecule has 6 nitrogen and oxygen atoms in total. The van der Waals surface area contributed by atoms with Crippen molar-refractivity contribution in [3.63, 3.8) is 0 Å². The molecule has 0 saturated heterocycles. The van der Waals surface area contributed by atoms with Crippen molar-refractivity contribution in [1.29, 1.82) is 0 Å². The van der Waals surface area contributed by atoms with E-state index in [2.05, 4.69) is 0 Å². The average Bonchev–Trinajstić information content (AvgIpc) is 2.71. The van der Waals surface area contributed by atoms with E-state index in [-0.39, 0.29) is 13.2 Å². The van der Waals surface area contributed by atoms with Gasteiger partial charge in [0.1, 0.15) is 13.2 Å². The number of carbonyl (C=O) groups is 2. The van der Waals surface area contributed by atoms with E-state index >= 15 is 0 Å². The Kier molecular flexibility index (Phi) is 6.94. The number of rotatable bonds is 8. The maximum Gasteiger partial charge on any atom is 0.338 e. The molecule has 2 aromatic rings. The van der Waals surface area contributed by atoms with Crippen LogP contribution in [0.15, 0.2) is 60.7 Å². The highest BCUT2D eigenvalue weighted by Crippen LogP contribution is 2.25. The van der Waals surface area contributed by atoms with Crippen molar-refractivity contribution in [2.45, 2.75) is 38.8 Å². The van der Waals surface area contributed by atoms with Gasteiger partial charge in [-0.2, -0.15) is 0 Å². The Balaban J connectivity index is 1.94. The molecule has 0 aliphatic carbocycles. The van der Waals surface area contributed by atoms with Crippen LogP contribution in [0.25, 0.3) is 0 Å². The highest BCUT2D eigenvalue weighted by Gasteiger charge is 2.40. The number of esters is 2. The number of ether oxygens (including phenoxy) is 2. The zero-order chi connectivity index (χ0) is 20.8. The summed E-state index contributed by atoms with van der Waals surface area (Å²) in [6.07, 6.45) is 0. The fourth-order valence-electron chi connectivity index (χ4n) is 2.74. The molecule has 0 heterocycles. The Labute approximate surface area is 165 Å². The lowest BCUT2D eigenvalue weighted by Crippen LogP contribution is -2.57. The van der Waals surface area contributed by atoms with Gasteiger partial charge in [-0.25, -0.2) is 9.59 Å². The largest absolute Gasteiger partial charge is 0.460 e. The first-order chi connectivity index (χ1) is 13.1. The van der Waals surface area contributed by atoms with Crippen molar-refractivity contribution < 1.29 is 24.3 Å². The van der Waals surface area contributed by atoms with Gasteiger partial charge in [-0.1, -0.05) is 36.4 Å². The van der Waals surface area contributed by atoms with E-state index in [1.165, 1.54) is 0 Å². The van der Waals surface area contributed by atoms with Crippen molar-refractivity contribution in [1.82, 2.24) is 5.06 Å². The van der Waals surface area contributed by atoms with E-state index in [9.17, 15) is 14.8 Å². The first kappa shape index (κ1) is 21.6. The molecule has 6 heteroatoms. The molecule has 0 aliphatic heterocycles. The Hall–Kier alpha value is -2.70. The van der Waals surface area contributed by atoms with E-state index in [0.29, 0.717) is 11.1 Å². The van der Waals surface area contributed by atoms with Crippen molar-refractivity contribution in [3.8, 4) is 0 Å². The number of hydrogen-bond acceptors (Lipinski definition) is 5. The minimum atomic E-state index is -1.01. The molecule has 0 atom stereocenters. The second-order valence-electron chi connectivity index (χ2n) is 7.80. The van der Waals surface area contributed by atoms with Crippen LogP contribution < -0.4 is 0 Å². The molecule has 0 unspecified atom stereocenters. The van der Waals surface area contributed by atoms with E-state index in [1.807, 2.05) is 0 Å². The number of hydroxylamine groups is 2. The summed E-state index contributed by atoms with van der Waals surface area (Å²) in [5, 5.41) is 13.7. The van der Waals surface area contributed by atoms with Crippen LogP contribution >= 0.6 is 0 Å². The monoisotopic (exact) mass is 384 g/mol. The fourth-order valence-corrected chi connectivity index (χ4v) is 2.74. The molecular weight excluding hydrogens is 358 g/mol. The van der Waals surface area contributed by atoms with Gasteiger partial charge in [0, 0.05) is 0 Å². The van der Waals surface area contributed by atoms with Crippen LogP contribution in [-0.4, -0.2) is 41.3 Å². The molecule has 0 aromatic heterocycles. The molecular formula is C22H26NO5. The molecule has 0 bridgehead atoms. The maximum atomic E-state index is 12.9. The smallest absolute Gasteiger partial charge is 0.338 e. The molecule has 28 heavy (non-hydrogen) atoms. The minimum absolute atomic E-state index is 0.0969. The van der Waals surface area contributed by atoms with Crippen LogP contribution in [0.2, 0.25) is 0 Å². The van der Waals surface area contributed by atoms with Gasteiger partial charge in [0.05, 0.1) is 22.2 Å². The lowest BCUT2D eigenvalue weighted by Gasteiger charge is -2.41. The van der Waals surface area contributed by atoms with Gasteiger partial charge < -0.3 is 9.47 Å². The molecule has 0 saturated carbocycles. The first-order valence-electron chi connectivity index (χ1n) is 9.05. The van der Waals surface area contributed by atoms with Gasteiger partial charge in [-0.3, -0.25) is 0 Å². The van der Waals surface area contributed by atoms with Crippen molar-refractivity contribution in [3.05, 3.63) is 71.8 Å². The van der Waals surface area contributed by atoms with E-state index in [0.717, 1.165) is 5.06 Å². The molecule has 0 aliphatic rings. The quantitative estimate of drug-likeness (QED) is 0.510. The van der Waals surface area contributed by atoms with Gasteiger partial charge in [-0.15, -0.1) is 10.3 Å². The first-order valence-corrected chi connectivity index (χ1v) is 9.05. The molecule has 2 aromatic carbocycles. The third-order valence-corrected chi connectivity index (χ3v) is 4.23. The Morgan fingerprint density at radius 1 is 0.714 bits per heavy atom. The summed E-state index contributed by atoms with van der Waals surface area (Å²) < 4.78 is 10.6. The standard InChI is InChI=1S/C22H26NO5/c1-21(2,15-27-19(24)17-11-7-5-8-12-17)23(26)22(3,4)16-28-20(25)18-13-9-6-10-14-18/h5-14H,15-16H2,1-4H3. The van der Waals surface area contributed by atoms with Gasteiger partial charge >= 0.3 is 11.9 Å². The van der Waals surface area contributed by atoms with E-state index < -0.39 is 23.0 Å². The molecule has 0 N–H and O–H groups in total. The maximum absolute atomic E-state index is 12.9. The fraction of sp³-hybridized carbons (Fsp3) is 0.364. The van der Waals surface area contributed by atoms with Crippen molar-refractivity contribution in [2.24, 2.45) is 0 Å². The number of nitrogens with zero attached hydrogens (tertiary/aromatic N) is 1. The van der Waals surface area contributed by atoms with Crippen LogP contribution in [0.5, 0.6) is 0 Å². The van der Waals surface area contributed by atoms with Gasteiger partial charge in [-0.05, 0) is 52.0 Å². The molecule has 1 radical (unpaired) electrons. The molecule has 149 valence electrons. The third-order valence-electron chi connectivity index (χ3n) is 4.23. The lowest BCUT2D eigenvalue weighted by atomic mass is 9.97. The summed E-state index contributed by atoms with van der Waals surface area (Å²) in [6.45, 7) is 6.52. The van der Waals surface area contributed by atoms with Crippen LogP contribution in [-0.2, 0) is 14.7 Å². The predicted octanol–water partition coefficient (Wildman–Crippen LogP) is 3.91. The molecule has 0 amide bonds. The van der Waals surface area contributed by atoms with Crippen LogP contribution in [0.1, 0.15) is 48.4 Å². The second kappa shape index (κ2) is 8.99. The lowest BCUT2D eigenvalue weighted by molar-refractivity contribution is -0.283. The summed E-state index contributed by atoms with van der Waals surface area (Å²) in [7, 11) is 0. The van der Waals surface area contributed by atoms with Gasteiger partial charge in [0.15, 0.2) is 0 Å². The zero-order valence-corrected chi connectivity index (χ0v) is 16.7. The SMILES string of the molecule is CC(C)(COC(=O)c1ccccc1)N([O])C(C)(C)COC(=O)c1ccccc1. The summed E-state index contributed by atoms with van der Waals surface area (Å²) >= 11 is 0. The van der Waals surface area contributed by atoms with Crippen LogP contribution in [0.3, 0.4) is 0 Å². The number of benzene rings is 2. The normalized spacial score (nSPS) is 11.9. The van der Waals surface area contributed by atoms with Crippen LogP contribution in [0, 0.1) is 0 Å². The van der Waals surface area contributed by atoms with E-state index in [4.69, 9.17) is 9.47 Å². The second-order valence-corrected chi connectivity index (χ2v) is 7.80. The van der Waals surface area contributed by atoms with Gasteiger partial charge in [0.2, 0.25) is 0 Å². The van der Waals surface area contributed by atoms with Crippen molar-refractivity contribution >= 4 is 11.9 Å². The Morgan fingerprint density at radius 2 is 1.04 bits per heavy atom. The minimum Gasteiger partial charge on any atom is -0.460 e. The molecule has 0 fully saturated rings. The van der Waals surface area contributed by atoms with Gasteiger partial charge in [0.25, 0.3) is 0 Å². The molecule has 0 spiro atoms. The zero-order valence-electron chi connectivity index (χ0n) is 16.7. The topological polar surface area (TPSA) is 75.7 Å². The summed E-state index contributed by atoms with van der Waals surface area (Å²) in [6, 6.07) is 17.2. The average molecular weight is 384 g/mol. The number of hydrogen-bond donors (Lipinski definition) is 0. The highest BCUT2D eigenvalue weighted by molar-refractivity contribution is 5.89. The Bertz CT molecular complexity index is 720. The predicted molar refractivity (Wildman–Crippen MR) is 104 cm³/mol. The molecule has 2 rings (SSSR count). The highest BCUT2D eigenvalue weighted by atomic mass is 16.6. The summed E-state index contributed by atoms with van der Waals surface area (Å²) in [4.78, 5) is 24.2. The Morgan fingerprint density at radius 3 is 1.36 bits per heavy atom. The number of carbonyl (C=O) groups excluding carboxylic acids is 2. The van der Waals surface area contributed by atoms with Crippen molar-refractivity contribution in [2.75, 3.05) is 13.2 Å². The third kappa shape index (κ3) is 5.65. The van der Waals surface area contributed by atoms with E-state index in [1.54, 1.807) is 88.4 Å². The van der Waals surface area contributed by atoms with Crippen LogP contribution in [0.4, 0.5) is 0 Å². The summed E-state index contributed by atoms with van der Waals surface area (Å²) in [5.74, 6) is -0.981. The summed E-state index contributed by atoms with van der Waals surface area (Å²) in [5.41, 5.74) is -1.17.